The molecule has 0 aliphatic carbocycles. The van der Waals surface area contributed by atoms with E-state index in [1.54, 1.807) is 24.8 Å². The van der Waals surface area contributed by atoms with Gasteiger partial charge in [-0.2, -0.15) is 0 Å². The van der Waals surface area contributed by atoms with Crippen LogP contribution in [0.15, 0.2) is 49.1 Å². The largest absolute Gasteiger partial charge is 0.461 e. The molecule has 156 valence electrons. The molecule has 6 heteroatoms. The first-order valence-corrected chi connectivity index (χ1v) is 10.3. The lowest BCUT2D eigenvalue weighted by molar-refractivity contribution is -0.146. The minimum absolute atomic E-state index is 0.154. The zero-order valence-electron chi connectivity index (χ0n) is 16.9. The quantitative estimate of drug-likeness (QED) is 0.337. The van der Waals surface area contributed by atoms with Crippen molar-refractivity contribution in [2.75, 3.05) is 0 Å². The Labute approximate surface area is 172 Å². The van der Waals surface area contributed by atoms with Gasteiger partial charge in [0.15, 0.2) is 0 Å². The van der Waals surface area contributed by atoms with Crippen LogP contribution < -0.4 is 0 Å². The highest BCUT2D eigenvalue weighted by atomic mass is 16.5. The van der Waals surface area contributed by atoms with Crippen LogP contribution in [0.4, 0.5) is 0 Å². The molecule has 6 nitrogen and oxygen atoms in total. The van der Waals surface area contributed by atoms with Crippen LogP contribution in [0.2, 0.25) is 0 Å². The molecule has 2 aromatic heterocycles. The molecular formula is C23H30N2O4. The lowest BCUT2D eigenvalue weighted by Crippen LogP contribution is -2.04. The van der Waals surface area contributed by atoms with Gasteiger partial charge in [0, 0.05) is 48.8 Å². The highest BCUT2D eigenvalue weighted by Gasteiger charge is 2.05. The van der Waals surface area contributed by atoms with Crippen LogP contribution in [0.5, 0.6) is 0 Å². The molecule has 0 aliphatic rings. The monoisotopic (exact) mass is 398 g/mol. The van der Waals surface area contributed by atoms with Crippen LogP contribution in [0.3, 0.4) is 0 Å². The van der Waals surface area contributed by atoms with Gasteiger partial charge in [-0.1, -0.05) is 44.2 Å². The van der Waals surface area contributed by atoms with Crippen LogP contribution in [-0.4, -0.2) is 21.9 Å². The van der Waals surface area contributed by atoms with E-state index in [1.807, 2.05) is 24.3 Å². The van der Waals surface area contributed by atoms with Gasteiger partial charge < -0.3 is 9.47 Å². The van der Waals surface area contributed by atoms with E-state index in [0.29, 0.717) is 12.8 Å². The van der Waals surface area contributed by atoms with Crippen molar-refractivity contribution in [1.82, 2.24) is 9.97 Å². The molecule has 0 saturated carbocycles. The number of nitrogens with zero attached hydrogens (tertiary/aromatic N) is 2. The Morgan fingerprint density at radius 2 is 1.07 bits per heavy atom. The molecule has 0 amide bonds. The first kappa shape index (κ1) is 22.5. The summed E-state index contributed by atoms with van der Waals surface area (Å²) in [6, 6.07) is 7.44. The van der Waals surface area contributed by atoms with E-state index < -0.39 is 0 Å². The van der Waals surface area contributed by atoms with E-state index in [2.05, 4.69) is 9.97 Å². The second-order valence-electron chi connectivity index (χ2n) is 7.02. The Balaban J connectivity index is 1.36. The van der Waals surface area contributed by atoms with Crippen LogP contribution in [0.25, 0.3) is 0 Å². The molecule has 0 saturated heterocycles. The fraction of sp³-hybridized carbons (Fsp3) is 0.478. The lowest BCUT2D eigenvalue weighted by atomic mass is 10.1. The Hall–Kier alpha value is -2.76. The summed E-state index contributed by atoms with van der Waals surface area (Å²) in [6.07, 6.45) is 14.8. The van der Waals surface area contributed by atoms with Gasteiger partial charge in [-0.05, 0) is 25.0 Å². The molecule has 0 N–H and O–H groups in total. The van der Waals surface area contributed by atoms with Gasteiger partial charge in [0.05, 0.1) is 0 Å². The maximum absolute atomic E-state index is 11.7. The minimum Gasteiger partial charge on any atom is -0.461 e. The van der Waals surface area contributed by atoms with Crippen LogP contribution in [-0.2, 0) is 32.3 Å². The van der Waals surface area contributed by atoms with E-state index >= 15 is 0 Å². The molecule has 0 unspecified atom stereocenters. The number of unbranched alkanes of at least 4 members (excludes halogenated alkanes) is 6. The van der Waals surface area contributed by atoms with Gasteiger partial charge >= 0.3 is 11.9 Å². The molecule has 0 aromatic carbocycles. The summed E-state index contributed by atoms with van der Waals surface area (Å²) in [5, 5.41) is 0. The molecule has 0 atom stereocenters. The molecular weight excluding hydrogens is 368 g/mol. The van der Waals surface area contributed by atoms with Gasteiger partial charge in [-0.15, -0.1) is 0 Å². The molecule has 29 heavy (non-hydrogen) atoms. The number of rotatable bonds is 14. The summed E-state index contributed by atoms with van der Waals surface area (Å²) in [7, 11) is 0. The van der Waals surface area contributed by atoms with Crippen molar-refractivity contribution < 1.29 is 19.1 Å². The third kappa shape index (κ3) is 11.0. The van der Waals surface area contributed by atoms with Gasteiger partial charge in [0.25, 0.3) is 0 Å². The van der Waals surface area contributed by atoms with E-state index in [0.717, 1.165) is 56.1 Å². The number of hydrogen-bond acceptors (Lipinski definition) is 6. The molecule has 2 rings (SSSR count). The molecule has 2 aromatic rings. The predicted molar refractivity (Wildman–Crippen MR) is 110 cm³/mol. The number of esters is 2. The number of aromatic nitrogens is 2. The average Bonchev–Trinajstić information content (AvgIpc) is 2.76. The number of carbonyl (C=O) groups is 2. The fourth-order valence-corrected chi connectivity index (χ4v) is 2.86. The lowest BCUT2D eigenvalue weighted by Gasteiger charge is -2.05. The second-order valence-corrected chi connectivity index (χ2v) is 7.02. The first-order chi connectivity index (χ1) is 14.2. The van der Waals surface area contributed by atoms with Crippen molar-refractivity contribution in [3.8, 4) is 0 Å². The van der Waals surface area contributed by atoms with E-state index in [1.165, 1.54) is 0 Å². The normalized spacial score (nSPS) is 10.5. The number of carbonyl (C=O) groups excluding carboxylic acids is 2. The minimum atomic E-state index is -0.154. The molecule has 0 bridgehead atoms. The van der Waals surface area contributed by atoms with Gasteiger partial charge in [0.1, 0.15) is 13.2 Å². The number of hydrogen-bond donors (Lipinski definition) is 0. The summed E-state index contributed by atoms with van der Waals surface area (Å²) in [6.45, 7) is 0.578. The Kier molecular flexibility index (Phi) is 11.1. The highest BCUT2D eigenvalue weighted by molar-refractivity contribution is 5.69. The molecule has 0 fully saturated rings. The standard InChI is InChI=1S/C23H30N2O4/c26-22(28-18-20-10-8-14-24-16-20)12-6-4-2-1-3-5-7-13-23(27)29-19-21-11-9-15-25-17-21/h8-11,14-17H,1-7,12-13,18-19H2. The van der Waals surface area contributed by atoms with E-state index in [-0.39, 0.29) is 25.2 Å². The van der Waals surface area contributed by atoms with Crippen LogP contribution in [0.1, 0.15) is 68.9 Å². The topological polar surface area (TPSA) is 78.4 Å². The zero-order chi connectivity index (χ0) is 20.6. The van der Waals surface area contributed by atoms with Crippen molar-refractivity contribution in [2.24, 2.45) is 0 Å². The SMILES string of the molecule is O=C(CCCCCCCCCC(=O)OCc1cccnc1)OCc1cccnc1. The van der Waals surface area contributed by atoms with Crippen molar-refractivity contribution in [3.05, 3.63) is 60.2 Å². The summed E-state index contributed by atoms with van der Waals surface area (Å²) < 4.78 is 10.5. The maximum Gasteiger partial charge on any atom is 0.306 e. The molecule has 0 spiro atoms. The summed E-state index contributed by atoms with van der Waals surface area (Å²) in [4.78, 5) is 31.4. The van der Waals surface area contributed by atoms with Crippen molar-refractivity contribution in [2.45, 2.75) is 71.0 Å². The van der Waals surface area contributed by atoms with Crippen LogP contribution >= 0.6 is 0 Å². The van der Waals surface area contributed by atoms with Gasteiger partial charge in [-0.25, -0.2) is 0 Å². The van der Waals surface area contributed by atoms with Gasteiger partial charge in [-0.3, -0.25) is 19.6 Å². The number of ether oxygens (including phenoxy) is 2. The van der Waals surface area contributed by atoms with Gasteiger partial charge in [0.2, 0.25) is 0 Å². The summed E-state index contributed by atoms with van der Waals surface area (Å²) in [5.41, 5.74) is 1.81. The van der Waals surface area contributed by atoms with Crippen molar-refractivity contribution in [1.29, 1.82) is 0 Å². The number of pyridine rings is 2. The predicted octanol–water partition coefficient (Wildman–Crippen LogP) is 4.77. The molecule has 0 radical (unpaired) electrons. The zero-order valence-corrected chi connectivity index (χ0v) is 16.9. The smallest absolute Gasteiger partial charge is 0.306 e. The first-order valence-electron chi connectivity index (χ1n) is 10.3. The summed E-state index contributed by atoms with van der Waals surface area (Å²) >= 11 is 0. The van der Waals surface area contributed by atoms with Crippen molar-refractivity contribution >= 4 is 11.9 Å². The van der Waals surface area contributed by atoms with E-state index in [9.17, 15) is 9.59 Å². The summed E-state index contributed by atoms with van der Waals surface area (Å²) in [5.74, 6) is -0.308. The van der Waals surface area contributed by atoms with E-state index in [4.69, 9.17) is 9.47 Å². The van der Waals surface area contributed by atoms with Crippen LogP contribution in [0, 0.1) is 0 Å². The highest BCUT2D eigenvalue weighted by Crippen LogP contribution is 2.11. The average molecular weight is 399 g/mol. The Morgan fingerprint density at radius 1 is 0.655 bits per heavy atom. The molecule has 0 aliphatic heterocycles. The third-order valence-electron chi connectivity index (χ3n) is 4.51. The maximum atomic E-state index is 11.7. The fourth-order valence-electron chi connectivity index (χ4n) is 2.86. The third-order valence-corrected chi connectivity index (χ3v) is 4.51. The Morgan fingerprint density at radius 3 is 1.45 bits per heavy atom. The second kappa shape index (κ2) is 14.3. The Bertz CT molecular complexity index is 646. The van der Waals surface area contributed by atoms with Crippen molar-refractivity contribution in [3.63, 3.8) is 0 Å². The molecule has 2 heterocycles.